The molecule has 0 bridgehead atoms. The molecule has 0 radical (unpaired) electrons. The van der Waals surface area contributed by atoms with Crippen molar-refractivity contribution < 1.29 is 24.2 Å². The molecule has 0 rings (SSSR count). The van der Waals surface area contributed by atoms with E-state index in [2.05, 4.69) is 10.6 Å². The first kappa shape index (κ1) is 15.7. The number of carbonyl (C=O) groups is 3. The summed E-state index contributed by atoms with van der Waals surface area (Å²) >= 11 is 1.16. The van der Waals surface area contributed by atoms with Gasteiger partial charge in [-0.15, -0.1) is 0 Å². The van der Waals surface area contributed by atoms with Crippen LogP contribution in [0.25, 0.3) is 0 Å². The lowest BCUT2D eigenvalue weighted by Crippen LogP contribution is -2.41. The second-order valence-electron chi connectivity index (χ2n) is 2.99. The summed E-state index contributed by atoms with van der Waals surface area (Å²) in [4.78, 5) is 32.4. The third-order valence-corrected chi connectivity index (χ3v) is 2.50. The van der Waals surface area contributed by atoms with Crippen molar-refractivity contribution in [1.29, 1.82) is 0 Å². The molecule has 0 spiro atoms. The van der Waals surface area contributed by atoms with E-state index in [0.717, 1.165) is 11.8 Å². The van der Waals surface area contributed by atoms with E-state index in [4.69, 9.17) is 9.84 Å². The van der Waals surface area contributed by atoms with Gasteiger partial charge >= 0.3 is 12.0 Å². The molecule has 3 N–H and O–H groups in total. The first-order valence-electron chi connectivity index (χ1n) is 4.92. The second-order valence-corrected chi connectivity index (χ2v) is 4.10. The maximum Gasteiger partial charge on any atom is 0.321 e. The van der Waals surface area contributed by atoms with Gasteiger partial charge in [0.2, 0.25) is 5.91 Å². The lowest BCUT2D eigenvalue weighted by atomic mass is 10.5. The summed E-state index contributed by atoms with van der Waals surface area (Å²) in [5, 5.41) is 12.9. The van der Waals surface area contributed by atoms with Gasteiger partial charge in [-0.1, -0.05) is 0 Å². The average molecular weight is 264 g/mol. The van der Waals surface area contributed by atoms with E-state index in [1.54, 1.807) is 0 Å². The smallest absolute Gasteiger partial charge is 0.321 e. The van der Waals surface area contributed by atoms with Crippen molar-refractivity contribution in [2.75, 3.05) is 31.8 Å². The highest BCUT2D eigenvalue weighted by Crippen LogP contribution is 2.01. The van der Waals surface area contributed by atoms with E-state index in [1.165, 1.54) is 7.11 Å². The summed E-state index contributed by atoms with van der Waals surface area (Å²) in [6.07, 6.45) is -0.00200. The van der Waals surface area contributed by atoms with Crippen molar-refractivity contribution in [3.05, 3.63) is 0 Å². The van der Waals surface area contributed by atoms with Crippen LogP contribution < -0.4 is 10.6 Å². The fourth-order valence-corrected chi connectivity index (χ4v) is 1.52. The number of nitrogens with one attached hydrogen (secondary N) is 2. The van der Waals surface area contributed by atoms with Gasteiger partial charge in [-0.05, 0) is 0 Å². The minimum absolute atomic E-state index is 0.00200. The quantitative estimate of drug-likeness (QED) is 0.518. The standard InChI is InChI=1S/C9H16N2O5S/c1-16-4-3-10-9(15)11-7(12)6-17-5-2-8(13)14/h2-6H2,1H3,(H,13,14)(H2,10,11,12,15). The molecule has 98 valence electrons. The van der Waals surface area contributed by atoms with Crippen LogP contribution in [0.2, 0.25) is 0 Å². The van der Waals surface area contributed by atoms with E-state index >= 15 is 0 Å². The van der Waals surface area contributed by atoms with E-state index in [-0.39, 0.29) is 12.2 Å². The van der Waals surface area contributed by atoms with Gasteiger partial charge in [0.15, 0.2) is 0 Å². The van der Waals surface area contributed by atoms with E-state index in [9.17, 15) is 14.4 Å². The molecule has 8 heteroatoms. The Hall–Kier alpha value is -1.28. The van der Waals surface area contributed by atoms with Crippen LogP contribution in [0.1, 0.15) is 6.42 Å². The van der Waals surface area contributed by atoms with E-state index < -0.39 is 17.9 Å². The van der Waals surface area contributed by atoms with Gasteiger partial charge in [0.25, 0.3) is 0 Å². The highest BCUT2D eigenvalue weighted by atomic mass is 32.2. The third-order valence-electron chi connectivity index (χ3n) is 1.54. The highest BCUT2D eigenvalue weighted by molar-refractivity contribution is 7.99. The predicted molar refractivity (Wildman–Crippen MR) is 63.0 cm³/mol. The number of aliphatic carboxylic acids is 1. The Labute approximate surface area is 103 Å². The molecule has 0 aliphatic rings. The number of ether oxygens (including phenoxy) is 1. The second kappa shape index (κ2) is 9.91. The molecule has 0 heterocycles. The van der Waals surface area contributed by atoms with E-state index in [1.807, 2.05) is 0 Å². The van der Waals surface area contributed by atoms with Gasteiger partial charge in [-0.2, -0.15) is 11.8 Å². The molecule has 0 saturated carbocycles. The first-order valence-corrected chi connectivity index (χ1v) is 6.08. The summed E-state index contributed by atoms with van der Waals surface area (Å²) in [5.41, 5.74) is 0. The Balaban J connectivity index is 3.50. The largest absolute Gasteiger partial charge is 0.481 e. The molecular weight excluding hydrogens is 248 g/mol. The molecular formula is C9H16N2O5S. The molecule has 0 aliphatic carbocycles. The van der Waals surface area contributed by atoms with Crippen LogP contribution in [0.5, 0.6) is 0 Å². The summed E-state index contributed by atoms with van der Waals surface area (Å²) < 4.78 is 4.71. The first-order chi connectivity index (χ1) is 8.06. The van der Waals surface area contributed by atoms with Crippen molar-refractivity contribution in [3.8, 4) is 0 Å². The molecule has 0 saturated heterocycles. The number of rotatable bonds is 8. The molecule has 0 aromatic rings. The number of urea groups is 1. The molecule has 17 heavy (non-hydrogen) atoms. The van der Waals surface area contributed by atoms with Crippen LogP contribution in [0.15, 0.2) is 0 Å². The third kappa shape index (κ3) is 11.0. The zero-order chi connectivity index (χ0) is 13.1. The van der Waals surface area contributed by atoms with Crippen molar-refractivity contribution in [1.82, 2.24) is 10.6 Å². The predicted octanol–water partition coefficient (Wildman–Crippen LogP) is -0.333. The molecule has 0 atom stereocenters. The maximum absolute atomic E-state index is 11.2. The normalized spacial score (nSPS) is 9.71. The summed E-state index contributed by atoms with van der Waals surface area (Å²) in [5.74, 6) is -0.954. The number of carboxylic acids is 1. The summed E-state index contributed by atoms with van der Waals surface area (Å²) in [6, 6.07) is -0.578. The number of carbonyl (C=O) groups excluding carboxylic acids is 2. The Morgan fingerprint density at radius 2 is 2.06 bits per heavy atom. The van der Waals surface area contributed by atoms with Crippen LogP contribution in [-0.4, -0.2) is 54.8 Å². The molecule has 0 aliphatic heterocycles. The lowest BCUT2D eigenvalue weighted by molar-refractivity contribution is -0.136. The minimum Gasteiger partial charge on any atom is -0.481 e. The molecule has 3 amide bonds. The molecule has 0 fully saturated rings. The SMILES string of the molecule is COCCNC(=O)NC(=O)CSCCC(=O)O. The van der Waals surface area contributed by atoms with Crippen molar-refractivity contribution in [2.24, 2.45) is 0 Å². The monoisotopic (exact) mass is 264 g/mol. The Morgan fingerprint density at radius 1 is 1.35 bits per heavy atom. The van der Waals surface area contributed by atoms with Crippen molar-refractivity contribution >= 4 is 29.7 Å². The topological polar surface area (TPSA) is 105 Å². The lowest BCUT2D eigenvalue weighted by Gasteiger charge is -2.05. The number of thioether (sulfide) groups is 1. The van der Waals surface area contributed by atoms with Crippen LogP contribution in [-0.2, 0) is 14.3 Å². The maximum atomic E-state index is 11.2. The zero-order valence-electron chi connectivity index (χ0n) is 9.52. The Morgan fingerprint density at radius 3 is 2.65 bits per heavy atom. The molecule has 0 unspecified atom stereocenters. The number of hydrogen-bond acceptors (Lipinski definition) is 5. The molecule has 7 nitrogen and oxygen atoms in total. The Bertz CT molecular complexity index is 272. The van der Waals surface area contributed by atoms with Gasteiger partial charge in [0.1, 0.15) is 0 Å². The van der Waals surface area contributed by atoms with Crippen molar-refractivity contribution in [2.45, 2.75) is 6.42 Å². The Kier molecular flexibility index (Phi) is 9.17. The summed E-state index contributed by atoms with van der Waals surface area (Å²) in [6.45, 7) is 0.691. The number of carboxylic acid groups (broad SMARTS) is 1. The number of hydrogen-bond donors (Lipinski definition) is 3. The minimum atomic E-state index is -0.907. The van der Waals surface area contributed by atoms with Crippen LogP contribution in [0, 0.1) is 0 Å². The van der Waals surface area contributed by atoms with E-state index in [0.29, 0.717) is 18.9 Å². The van der Waals surface area contributed by atoms with Crippen LogP contribution >= 0.6 is 11.8 Å². The fourth-order valence-electron chi connectivity index (χ4n) is 0.798. The highest BCUT2D eigenvalue weighted by Gasteiger charge is 2.07. The number of methoxy groups -OCH3 is 1. The molecule has 0 aromatic carbocycles. The number of amides is 3. The van der Waals surface area contributed by atoms with Gasteiger partial charge < -0.3 is 15.2 Å². The average Bonchev–Trinajstić information content (AvgIpc) is 2.24. The van der Waals surface area contributed by atoms with Gasteiger partial charge in [0.05, 0.1) is 18.8 Å². The number of imide groups is 1. The molecule has 0 aromatic heterocycles. The zero-order valence-corrected chi connectivity index (χ0v) is 10.3. The summed E-state index contributed by atoms with van der Waals surface area (Å²) in [7, 11) is 1.50. The van der Waals surface area contributed by atoms with Crippen LogP contribution in [0.4, 0.5) is 4.79 Å². The van der Waals surface area contributed by atoms with Gasteiger partial charge in [-0.25, -0.2) is 4.79 Å². The van der Waals surface area contributed by atoms with Crippen molar-refractivity contribution in [3.63, 3.8) is 0 Å². The van der Waals surface area contributed by atoms with Gasteiger partial charge in [0, 0.05) is 19.4 Å². The van der Waals surface area contributed by atoms with Gasteiger partial charge in [-0.3, -0.25) is 14.9 Å². The fraction of sp³-hybridized carbons (Fsp3) is 0.667. The van der Waals surface area contributed by atoms with Crippen LogP contribution in [0.3, 0.4) is 0 Å².